The van der Waals surface area contributed by atoms with Crippen LogP contribution in [0.5, 0.6) is 5.88 Å². The Hall–Kier alpha value is -1.21. The van der Waals surface area contributed by atoms with E-state index in [1.54, 1.807) is 18.3 Å². The van der Waals surface area contributed by atoms with Crippen molar-refractivity contribution < 1.29 is 18.3 Å². The first kappa shape index (κ1) is 15.2. The number of aromatic nitrogens is 2. The van der Waals surface area contributed by atoms with Gasteiger partial charge in [-0.2, -0.15) is 0 Å². The number of alkyl halides is 2. The Kier molecular flexibility index (Phi) is 5.72. The van der Waals surface area contributed by atoms with Crippen molar-refractivity contribution in [2.45, 2.75) is 25.3 Å². The van der Waals surface area contributed by atoms with Crippen molar-refractivity contribution in [1.29, 1.82) is 0 Å². The van der Waals surface area contributed by atoms with Gasteiger partial charge >= 0.3 is 0 Å². The smallest absolute Gasteiger partial charge is 0.251 e. The largest absolute Gasteiger partial charge is 0.475 e. The monoisotopic (exact) mass is 289 g/mol. The van der Waals surface area contributed by atoms with Gasteiger partial charge in [0, 0.05) is 26.2 Å². The Balaban J connectivity index is 1.70. The predicted octanol–water partition coefficient (Wildman–Crippen LogP) is 1.81. The Morgan fingerprint density at radius 3 is 2.80 bits per heavy atom. The third-order valence-electron chi connectivity index (χ3n) is 3.21. The summed E-state index contributed by atoms with van der Waals surface area (Å²) < 4.78 is 37.3. The van der Waals surface area contributed by atoms with Crippen LogP contribution in [0.1, 0.15) is 18.9 Å². The number of rotatable bonds is 10. The predicted molar refractivity (Wildman–Crippen MR) is 70.3 cm³/mol. The lowest BCUT2D eigenvalue weighted by Gasteiger charge is -2.21. The first-order chi connectivity index (χ1) is 9.69. The van der Waals surface area contributed by atoms with Crippen LogP contribution in [-0.2, 0) is 4.74 Å². The summed E-state index contributed by atoms with van der Waals surface area (Å²) in [4.78, 5) is 5.78. The molecule has 1 aromatic rings. The summed E-state index contributed by atoms with van der Waals surface area (Å²) in [5, 5.41) is 0. The maximum Gasteiger partial charge on any atom is 0.251 e. The molecule has 7 heteroatoms. The molecule has 1 aliphatic carbocycles. The number of hydrogen-bond acceptors (Lipinski definition) is 4. The van der Waals surface area contributed by atoms with E-state index in [9.17, 15) is 8.78 Å². The van der Waals surface area contributed by atoms with E-state index in [1.807, 2.05) is 10.8 Å². The van der Waals surface area contributed by atoms with Crippen LogP contribution in [0.25, 0.3) is 0 Å². The molecular formula is C13H21F2N3O2. The molecule has 1 heterocycles. The number of hydrogen-bond donors (Lipinski definition) is 0. The van der Waals surface area contributed by atoms with Crippen molar-refractivity contribution in [3.63, 3.8) is 0 Å². The first-order valence-corrected chi connectivity index (χ1v) is 6.84. The maximum atomic E-state index is 12.4. The van der Waals surface area contributed by atoms with E-state index in [1.165, 1.54) is 12.8 Å². The van der Waals surface area contributed by atoms with Crippen LogP contribution < -0.4 is 4.74 Å². The summed E-state index contributed by atoms with van der Waals surface area (Å²) in [6.07, 6.45) is 3.66. The second-order valence-corrected chi connectivity index (χ2v) is 4.92. The molecule has 0 spiro atoms. The minimum absolute atomic E-state index is 0.261. The van der Waals surface area contributed by atoms with Crippen molar-refractivity contribution >= 4 is 0 Å². The molecule has 0 aromatic carbocycles. The quantitative estimate of drug-likeness (QED) is 0.658. The summed E-state index contributed by atoms with van der Waals surface area (Å²) in [6, 6.07) is 0.567. The minimum Gasteiger partial charge on any atom is -0.475 e. The zero-order valence-corrected chi connectivity index (χ0v) is 11.7. The van der Waals surface area contributed by atoms with Crippen molar-refractivity contribution in [2.24, 2.45) is 0 Å². The number of nitrogens with zero attached hydrogens (tertiary/aromatic N) is 3. The maximum absolute atomic E-state index is 12.4. The zero-order chi connectivity index (χ0) is 14.4. The number of halogens is 2. The highest BCUT2D eigenvalue weighted by Gasteiger charge is 2.23. The van der Waals surface area contributed by atoms with Gasteiger partial charge in [0.2, 0.25) is 5.88 Å². The summed E-state index contributed by atoms with van der Waals surface area (Å²) in [5.74, 6) is 0.556. The van der Waals surface area contributed by atoms with E-state index < -0.39 is 6.43 Å². The van der Waals surface area contributed by atoms with Crippen LogP contribution >= 0.6 is 0 Å². The lowest BCUT2D eigenvalue weighted by atomic mass is 10.4. The normalized spacial score (nSPS) is 15.2. The van der Waals surface area contributed by atoms with Gasteiger partial charge in [-0.25, -0.2) is 13.8 Å². The molecule has 0 saturated heterocycles. The highest BCUT2D eigenvalue weighted by atomic mass is 19.3. The van der Waals surface area contributed by atoms with Gasteiger partial charge < -0.3 is 14.0 Å². The topological polar surface area (TPSA) is 39.5 Å². The van der Waals surface area contributed by atoms with E-state index in [-0.39, 0.29) is 6.54 Å². The fourth-order valence-corrected chi connectivity index (χ4v) is 1.95. The Labute approximate surface area is 117 Å². The molecule has 0 unspecified atom stereocenters. The van der Waals surface area contributed by atoms with Gasteiger partial charge in [0.1, 0.15) is 6.61 Å². The third kappa shape index (κ3) is 5.05. The standard InChI is InChI=1S/C13H21F2N3O2/c1-19-6-4-17(8-12(14)15)5-7-20-13-9-18(10-16-13)11-2-3-11/h9-12H,2-8H2,1H3. The molecule has 5 nitrogen and oxygen atoms in total. The van der Waals surface area contributed by atoms with Gasteiger partial charge in [0.15, 0.2) is 0 Å². The first-order valence-electron chi connectivity index (χ1n) is 6.84. The van der Waals surface area contributed by atoms with Crippen LogP contribution in [0.15, 0.2) is 12.5 Å². The number of methoxy groups -OCH3 is 1. The fourth-order valence-electron chi connectivity index (χ4n) is 1.95. The summed E-state index contributed by atoms with van der Waals surface area (Å²) >= 11 is 0. The highest BCUT2D eigenvalue weighted by molar-refractivity contribution is 5.06. The van der Waals surface area contributed by atoms with Gasteiger partial charge in [0.25, 0.3) is 6.43 Å². The van der Waals surface area contributed by atoms with E-state index in [2.05, 4.69) is 4.98 Å². The Morgan fingerprint density at radius 2 is 2.15 bits per heavy atom. The van der Waals surface area contributed by atoms with Crippen molar-refractivity contribution in [3.8, 4) is 5.88 Å². The van der Waals surface area contributed by atoms with Gasteiger partial charge in [0.05, 0.1) is 25.7 Å². The Bertz CT molecular complexity index is 397. The van der Waals surface area contributed by atoms with Crippen LogP contribution in [0.3, 0.4) is 0 Å². The fraction of sp³-hybridized carbons (Fsp3) is 0.769. The van der Waals surface area contributed by atoms with E-state index in [0.717, 1.165) is 0 Å². The molecule has 0 N–H and O–H groups in total. The van der Waals surface area contributed by atoms with E-state index >= 15 is 0 Å². The molecule has 1 aromatic heterocycles. The lowest BCUT2D eigenvalue weighted by molar-refractivity contribution is 0.0634. The SMILES string of the molecule is COCCN(CCOc1cn(C2CC2)cn1)CC(F)F. The molecule has 0 amide bonds. The summed E-state index contributed by atoms with van der Waals surface area (Å²) in [6.45, 7) is 1.43. The molecule has 2 rings (SSSR count). The second kappa shape index (κ2) is 7.54. The second-order valence-electron chi connectivity index (χ2n) is 4.92. The van der Waals surface area contributed by atoms with Crippen molar-refractivity contribution in [1.82, 2.24) is 14.5 Å². The molecule has 20 heavy (non-hydrogen) atoms. The molecule has 1 saturated carbocycles. The average Bonchev–Trinajstić information content (AvgIpc) is 3.15. The molecule has 1 fully saturated rings. The van der Waals surface area contributed by atoms with Gasteiger partial charge in [-0.15, -0.1) is 0 Å². The highest BCUT2D eigenvalue weighted by Crippen LogP contribution is 2.35. The van der Waals surface area contributed by atoms with Crippen molar-refractivity contribution in [2.75, 3.05) is 40.0 Å². The number of ether oxygens (including phenoxy) is 2. The Morgan fingerprint density at radius 1 is 1.40 bits per heavy atom. The van der Waals surface area contributed by atoms with Crippen molar-refractivity contribution in [3.05, 3.63) is 12.5 Å². The van der Waals surface area contributed by atoms with Gasteiger partial charge in [-0.1, -0.05) is 0 Å². The molecule has 0 aliphatic heterocycles. The molecule has 1 aliphatic rings. The molecule has 114 valence electrons. The average molecular weight is 289 g/mol. The molecule has 0 bridgehead atoms. The van der Waals surface area contributed by atoms with Gasteiger partial charge in [-0.3, -0.25) is 4.90 Å². The molecular weight excluding hydrogens is 268 g/mol. The summed E-state index contributed by atoms with van der Waals surface area (Å²) in [5.41, 5.74) is 0. The minimum atomic E-state index is -2.35. The molecule has 0 atom stereocenters. The van der Waals surface area contributed by atoms with E-state index in [0.29, 0.717) is 38.2 Å². The lowest BCUT2D eigenvalue weighted by Crippen LogP contribution is -2.35. The number of imidazole rings is 1. The summed E-state index contributed by atoms with van der Waals surface area (Å²) in [7, 11) is 1.56. The molecule has 0 radical (unpaired) electrons. The van der Waals surface area contributed by atoms with Gasteiger partial charge in [-0.05, 0) is 12.8 Å². The zero-order valence-electron chi connectivity index (χ0n) is 11.7. The van der Waals surface area contributed by atoms with Crippen LogP contribution in [-0.4, -0.2) is 60.8 Å². The van der Waals surface area contributed by atoms with Crippen LogP contribution in [0, 0.1) is 0 Å². The van der Waals surface area contributed by atoms with Crippen LogP contribution in [0.4, 0.5) is 8.78 Å². The third-order valence-corrected chi connectivity index (χ3v) is 3.21. The van der Waals surface area contributed by atoms with Crippen LogP contribution in [0.2, 0.25) is 0 Å². The van der Waals surface area contributed by atoms with E-state index in [4.69, 9.17) is 9.47 Å².